The Morgan fingerprint density at radius 3 is 2.45 bits per heavy atom. The minimum atomic E-state index is -0.453. The van der Waals surface area contributed by atoms with Crippen LogP contribution in [0.15, 0.2) is 30.3 Å². The van der Waals surface area contributed by atoms with E-state index in [1.165, 1.54) is 6.92 Å². The van der Waals surface area contributed by atoms with Gasteiger partial charge >= 0.3 is 0 Å². The monoisotopic (exact) mass is 529 g/mol. The van der Waals surface area contributed by atoms with Crippen molar-refractivity contribution in [3.63, 3.8) is 0 Å². The fraction of sp³-hybridized carbons (Fsp3) is 0.529. The molecular weight excluding hydrogens is 506 g/mol. The maximum absolute atomic E-state index is 11.3. The summed E-state index contributed by atoms with van der Waals surface area (Å²) in [6.45, 7) is 7.60. The van der Waals surface area contributed by atoms with E-state index in [0.29, 0.717) is 6.61 Å². The first-order valence-corrected chi connectivity index (χ1v) is 7.45. The zero-order chi connectivity index (χ0) is 15.3. The van der Waals surface area contributed by atoms with Crippen molar-refractivity contribution in [1.82, 2.24) is 0 Å². The first-order valence-electron chi connectivity index (χ1n) is 7.45. The molecule has 22 heavy (non-hydrogen) atoms. The van der Waals surface area contributed by atoms with E-state index >= 15 is 0 Å². The molecule has 1 saturated heterocycles. The first kappa shape index (κ1) is 19.7. The molecule has 0 saturated carbocycles. The smallest absolute Gasteiger partial charge is 0.300 e. The minimum absolute atomic E-state index is 0. The fourth-order valence-electron chi connectivity index (χ4n) is 2.75. The quantitative estimate of drug-likeness (QED) is 0.420. The van der Waals surface area contributed by atoms with Crippen molar-refractivity contribution in [3.05, 3.63) is 42.5 Å². The number of esters is 1. The van der Waals surface area contributed by atoms with E-state index in [4.69, 9.17) is 14.2 Å². The van der Waals surface area contributed by atoms with Crippen LogP contribution in [0.4, 0.5) is 0 Å². The maximum Gasteiger partial charge on any atom is 0.300 e. The third-order valence-electron chi connectivity index (χ3n) is 4.03. The molecule has 5 heteroatoms. The average Bonchev–Trinajstić information content (AvgIpc) is 2.84. The molecule has 1 fully saturated rings. The van der Waals surface area contributed by atoms with Gasteiger partial charge in [0.05, 0.1) is 18.3 Å². The van der Waals surface area contributed by atoms with Crippen LogP contribution in [-0.2, 0) is 25.6 Å². The zero-order valence-electron chi connectivity index (χ0n) is 13.4. The Morgan fingerprint density at radius 2 is 1.91 bits per heavy atom. The van der Waals surface area contributed by atoms with Crippen molar-refractivity contribution < 1.29 is 50.1 Å². The Morgan fingerprint density at radius 1 is 1.27 bits per heavy atom. The standard InChI is InChI=1S/C17H23O4.U/c1-4-17(5-2)16(15(12-20-17)21-13(3)18)19-11-14-9-7-6-8-10-14;/h6-10,12,15-16H,4-5,11H2,1-3H3;/q-1;/t15?,16-;/m0./s1. The van der Waals surface area contributed by atoms with E-state index in [-0.39, 0.29) is 43.2 Å². The molecule has 1 aliphatic rings. The van der Waals surface area contributed by atoms with Crippen LogP contribution in [0, 0.1) is 37.7 Å². The Hall–Kier alpha value is -0.338. The SMILES string of the molecule is CCC1(CC)O[CH-]C(OC(C)=O)[C@@H]1OCc1ccccc1.[U]. The van der Waals surface area contributed by atoms with Gasteiger partial charge in [0.1, 0.15) is 0 Å². The van der Waals surface area contributed by atoms with Gasteiger partial charge in [-0.25, -0.2) is 0 Å². The third kappa shape index (κ3) is 4.58. The summed E-state index contributed by atoms with van der Waals surface area (Å²) in [6, 6.07) is 9.96. The summed E-state index contributed by atoms with van der Waals surface area (Å²) in [6.07, 6.45) is 0.872. The predicted molar refractivity (Wildman–Crippen MR) is 79.3 cm³/mol. The molecule has 0 spiro atoms. The van der Waals surface area contributed by atoms with E-state index in [1.54, 1.807) is 6.61 Å². The number of hydrogen-bond acceptors (Lipinski definition) is 4. The van der Waals surface area contributed by atoms with Crippen LogP contribution in [0.3, 0.4) is 0 Å². The number of carbonyl (C=O) groups excluding carboxylic acids is 1. The van der Waals surface area contributed by atoms with E-state index in [0.717, 1.165) is 18.4 Å². The van der Waals surface area contributed by atoms with Crippen molar-refractivity contribution in [1.29, 1.82) is 0 Å². The Balaban J connectivity index is 0.00000242. The van der Waals surface area contributed by atoms with Crippen molar-refractivity contribution in [2.75, 3.05) is 0 Å². The van der Waals surface area contributed by atoms with E-state index in [1.807, 2.05) is 30.3 Å². The summed E-state index contributed by atoms with van der Waals surface area (Å²) in [7, 11) is 0. The van der Waals surface area contributed by atoms with Gasteiger partial charge in [-0.15, -0.1) is 0 Å². The van der Waals surface area contributed by atoms with Crippen molar-refractivity contribution >= 4 is 5.97 Å². The number of benzene rings is 1. The Labute approximate surface area is 156 Å². The van der Waals surface area contributed by atoms with Gasteiger partial charge in [-0.1, -0.05) is 44.2 Å². The Bertz CT molecular complexity index is 459. The van der Waals surface area contributed by atoms with Gasteiger partial charge in [0, 0.05) is 44.1 Å². The summed E-state index contributed by atoms with van der Waals surface area (Å²) in [5.41, 5.74) is 0.668. The molecule has 0 bridgehead atoms. The van der Waals surface area contributed by atoms with Gasteiger partial charge in [0.15, 0.2) is 0 Å². The minimum Gasteiger partial charge on any atom is -0.542 e. The molecule has 0 N–H and O–H groups in total. The molecule has 1 aromatic carbocycles. The maximum atomic E-state index is 11.3. The second-order valence-electron chi connectivity index (χ2n) is 5.32. The van der Waals surface area contributed by atoms with Gasteiger partial charge in [0.2, 0.25) is 0 Å². The second-order valence-corrected chi connectivity index (χ2v) is 5.32. The predicted octanol–water partition coefficient (Wildman–Crippen LogP) is 3.25. The second kappa shape index (κ2) is 9.08. The normalized spacial score (nSPS) is 22.9. The molecule has 0 aliphatic carbocycles. The van der Waals surface area contributed by atoms with Crippen molar-refractivity contribution in [3.8, 4) is 0 Å². The molecule has 0 radical (unpaired) electrons. The molecule has 120 valence electrons. The molecule has 1 unspecified atom stereocenters. The molecule has 0 amide bonds. The van der Waals surface area contributed by atoms with E-state index in [9.17, 15) is 4.79 Å². The van der Waals surface area contributed by atoms with E-state index < -0.39 is 11.7 Å². The van der Waals surface area contributed by atoms with Gasteiger partial charge in [-0.05, 0) is 18.4 Å². The van der Waals surface area contributed by atoms with Crippen molar-refractivity contribution in [2.45, 2.75) is 58.0 Å². The molecule has 1 aliphatic heterocycles. The summed E-state index contributed by atoms with van der Waals surface area (Å²) >= 11 is 0. The van der Waals surface area contributed by atoms with Gasteiger partial charge in [-0.3, -0.25) is 4.79 Å². The third-order valence-corrected chi connectivity index (χ3v) is 4.03. The van der Waals surface area contributed by atoms with Gasteiger partial charge < -0.3 is 14.2 Å². The first-order chi connectivity index (χ1) is 10.1. The number of rotatable bonds is 6. The molecule has 0 aromatic heterocycles. The van der Waals surface area contributed by atoms with Crippen LogP contribution in [0.25, 0.3) is 0 Å². The molecular formula is C17H23O4U-. The summed E-state index contributed by atoms with van der Waals surface area (Å²) in [5.74, 6) is -0.323. The van der Waals surface area contributed by atoms with Crippen LogP contribution in [-0.4, -0.2) is 23.8 Å². The van der Waals surface area contributed by atoms with Crippen LogP contribution in [0.2, 0.25) is 0 Å². The Kier molecular flexibility index (Phi) is 8.13. The van der Waals surface area contributed by atoms with Crippen LogP contribution < -0.4 is 0 Å². The van der Waals surface area contributed by atoms with Crippen LogP contribution >= 0.6 is 0 Å². The van der Waals surface area contributed by atoms with Crippen molar-refractivity contribution in [2.24, 2.45) is 0 Å². The number of hydrogen-bond donors (Lipinski definition) is 0. The molecule has 2 atom stereocenters. The van der Waals surface area contributed by atoms with Gasteiger partial charge in [0.25, 0.3) is 5.97 Å². The number of carbonyl (C=O) groups is 1. The summed E-state index contributed by atoms with van der Waals surface area (Å²) in [5, 5.41) is 0. The van der Waals surface area contributed by atoms with Gasteiger partial charge in [-0.2, -0.15) is 6.61 Å². The molecule has 1 aromatic rings. The fourth-order valence-corrected chi connectivity index (χ4v) is 2.75. The molecule has 2 rings (SSSR count). The molecule has 1 heterocycles. The number of ether oxygens (including phenoxy) is 3. The molecule has 4 nitrogen and oxygen atoms in total. The summed E-state index contributed by atoms with van der Waals surface area (Å²) in [4.78, 5) is 11.3. The summed E-state index contributed by atoms with van der Waals surface area (Å²) < 4.78 is 17.2. The van der Waals surface area contributed by atoms with Crippen LogP contribution in [0.5, 0.6) is 0 Å². The van der Waals surface area contributed by atoms with Crippen LogP contribution in [0.1, 0.15) is 39.2 Å². The zero-order valence-corrected chi connectivity index (χ0v) is 17.5. The van der Waals surface area contributed by atoms with E-state index in [2.05, 4.69) is 13.8 Å². The topological polar surface area (TPSA) is 44.8 Å². The largest absolute Gasteiger partial charge is 0.542 e. The average molecular weight is 529 g/mol.